The van der Waals surface area contributed by atoms with Crippen LogP contribution in [0.3, 0.4) is 0 Å². The molecule has 2 unspecified atom stereocenters. The lowest BCUT2D eigenvalue weighted by Crippen LogP contribution is -2.10. The summed E-state index contributed by atoms with van der Waals surface area (Å²) < 4.78 is 0. The number of fused-ring (bicyclic) bond motifs is 2. The molecule has 0 spiro atoms. The summed E-state index contributed by atoms with van der Waals surface area (Å²) in [5, 5.41) is 5.27. The highest BCUT2D eigenvalue weighted by molar-refractivity contribution is 6.14. The Morgan fingerprint density at radius 3 is 0.853 bits per heavy atom. The molecule has 0 aliphatic heterocycles. The van der Waals surface area contributed by atoms with Crippen LogP contribution in [0.1, 0.15) is 202 Å². The molecule has 0 aliphatic carbocycles. The summed E-state index contributed by atoms with van der Waals surface area (Å²) in [4.78, 5) is 4.88. The molecule has 0 saturated carbocycles. The van der Waals surface area contributed by atoms with E-state index in [1.165, 1.54) is 189 Å². The first kappa shape index (κ1) is 72.0. The SMILES string of the molecule is C=Cc1ccc(-c2ccc(N(c3ccc(-c4cc(CCCCCCCC)c(-c5c(CCCCCCCC)cc(-c6ccc(N(c7ccc(-c8ccc(C=C)cc8)cc7)c7ccc(C(CC)CCC)cc7)cc6)c6ccccc56)c5ccccc45)cc3)c3ccc(C(CC)CCC)cc3)cc2)cc1. The summed E-state index contributed by atoms with van der Waals surface area (Å²) in [6.07, 6.45) is 27.9. The minimum absolute atomic E-state index is 0.560. The lowest BCUT2D eigenvalue weighted by molar-refractivity contribution is 0.596. The number of nitrogens with zero attached hydrogens (tertiary/aromatic N) is 2. The van der Waals surface area contributed by atoms with Crippen LogP contribution in [0.25, 0.3) is 89.3 Å². The van der Waals surface area contributed by atoms with Crippen molar-refractivity contribution >= 4 is 67.8 Å². The quantitative estimate of drug-likeness (QED) is 0.0365. The Morgan fingerprint density at radius 1 is 0.284 bits per heavy atom. The van der Waals surface area contributed by atoms with Crippen LogP contribution in [0, 0.1) is 0 Å². The van der Waals surface area contributed by atoms with E-state index >= 15 is 0 Å². The third-order valence-corrected chi connectivity index (χ3v) is 21.7. The van der Waals surface area contributed by atoms with Gasteiger partial charge in [0.25, 0.3) is 0 Å². The smallest absolute Gasteiger partial charge is 0.0462 e. The summed E-state index contributed by atoms with van der Waals surface area (Å²) in [6, 6.07) is 97.4. The van der Waals surface area contributed by atoms with Crippen molar-refractivity contribution in [3.05, 3.63) is 301 Å². The maximum absolute atomic E-state index is 3.99. The molecule has 0 radical (unpaired) electrons. The molecular formula is C100H108N2. The van der Waals surface area contributed by atoms with Gasteiger partial charge in [-0.2, -0.15) is 0 Å². The molecule has 518 valence electrons. The van der Waals surface area contributed by atoms with E-state index in [2.05, 4.69) is 319 Å². The van der Waals surface area contributed by atoms with Gasteiger partial charge in [-0.3, -0.25) is 0 Å². The maximum Gasteiger partial charge on any atom is 0.0462 e. The molecule has 0 aromatic heterocycles. The van der Waals surface area contributed by atoms with E-state index in [1.807, 2.05) is 12.2 Å². The van der Waals surface area contributed by atoms with Gasteiger partial charge in [-0.25, -0.2) is 0 Å². The highest BCUT2D eigenvalue weighted by atomic mass is 15.1. The van der Waals surface area contributed by atoms with Crippen molar-refractivity contribution in [3.8, 4) is 55.6 Å². The van der Waals surface area contributed by atoms with Gasteiger partial charge >= 0.3 is 0 Å². The second-order valence-electron chi connectivity index (χ2n) is 28.5. The number of hydrogen-bond acceptors (Lipinski definition) is 2. The molecule has 0 bridgehead atoms. The Bertz CT molecular complexity index is 4330. The second-order valence-corrected chi connectivity index (χ2v) is 28.5. The van der Waals surface area contributed by atoms with Crippen LogP contribution < -0.4 is 9.80 Å². The minimum Gasteiger partial charge on any atom is -0.311 e. The molecule has 12 rings (SSSR count). The van der Waals surface area contributed by atoms with Gasteiger partial charge in [0.05, 0.1) is 0 Å². The Balaban J connectivity index is 0.962. The topological polar surface area (TPSA) is 6.48 Å². The van der Waals surface area contributed by atoms with Crippen molar-refractivity contribution in [1.82, 2.24) is 0 Å². The molecule has 12 aromatic rings. The standard InChI is InChI=1S/C100H108N2/c1-9-17-19-21-23-25-33-85-71-97(83-55-67-91(68-56-83)101(87-59-47-77(48-60-87)75(15-7)31-11-3)89-63-51-81(52-64-89)79-43-39-73(13-5)40-44-79)93-35-27-29-37-95(93)99(85)100-86(34-26-24-22-20-18-10-2)72-98(94-36-28-30-38-96(94)100)84-57-69-92(70-58-84)102(88-61-49-78(50-62-88)76(16-8)32-12-4)90-65-53-82(54-66-90)80-45-41-74(14-6)42-46-80/h13-14,27-30,35-72,75-76H,5-6,9-12,15-26,31-34H2,1-4,7-8H3. The molecule has 0 N–H and O–H groups in total. The fourth-order valence-corrected chi connectivity index (χ4v) is 15.9. The van der Waals surface area contributed by atoms with Crippen LogP contribution >= 0.6 is 0 Å². The monoisotopic (exact) mass is 1340 g/mol. The second kappa shape index (κ2) is 35.7. The molecule has 2 atom stereocenters. The fourth-order valence-electron chi connectivity index (χ4n) is 15.9. The molecule has 12 aromatic carbocycles. The Kier molecular flexibility index (Phi) is 25.2. The minimum atomic E-state index is 0.560. The molecule has 0 heterocycles. The zero-order valence-corrected chi connectivity index (χ0v) is 62.0. The van der Waals surface area contributed by atoms with Gasteiger partial charge in [-0.15, -0.1) is 0 Å². The van der Waals surface area contributed by atoms with Gasteiger partial charge < -0.3 is 9.80 Å². The van der Waals surface area contributed by atoms with Crippen molar-refractivity contribution in [2.45, 2.75) is 182 Å². The van der Waals surface area contributed by atoms with E-state index in [1.54, 1.807) is 0 Å². The van der Waals surface area contributed by atoms with Crippen LogP contribution in [-0.4, -0.2) is 0 Å². The summed E-state index contributed by atoms with van der Waals surface area (Å²) in [5.41, 5.74) is 27.5. The highest BCUT2D eigenvalue weighted by Gasteiger charge is 2.24. The van der Waals surface area contributed by atoms with Crippen molar-refractivity contribution < 1.29 is 0 Å². The lowest BCUT2D eigenvalue weighted by atomic mass is 9.80. The number of benzene rings is 12. The first-order valence-corrected chi connectivity index (χ1v) is 39.0. The van der Waals surface area contributed by atoms with Crippen LogP contribution in [0.2, 0.25) is 0 Å². The van der Waals surface area contributed by atoms with Gasteiger partial charge in [0.1, 0.15) is 0 Å². The van der Waals surface area contributed by atoms with Crippen molar-refractivity contribution in [3.63, 3.8) is 0 Å². The zero-order valence-electron chi connectivity index (χ0n) is 62.0. The van der Waals surface area contributed by atoms with Gasteiger partial charge in [0.2, 0.25) is 0 Å². The van der Waals surface area contributed by atoms with Crippen molar-refractivity contribution in [2.24, 2.45) is 0 Å². The largest absolute Gasteiger partial charge is 0.311 e. The number of unbranched alkanes of at least 4 members (excludes halogenated alkanes) is 10. The van der Waals surface area contributed by atoms with E-state index in [9.17, 15) is 0 Å². The number of hydrogen-bond donors (Lipinski definition) is 0. The molecule has 2 heteroatoms. The average molecular weight is 1340 g/mol. The number of anilines is 6. The predicted octanol–water partition coefficient (Wildman–Crippen LogP) is 30.9. The van der Waals surface area contributed by atoms with E-state index in [4.69, 9.17) is 0 Å². The lowest BCUT2D eigenvalue weighted by Gasteiger charge is -2.27. The Morgan fingerprint density at radius 2 is 0.559 bits per heavy atom. The fraction of sp³-hybridized carbons (Fsp3) is 0.280. The summed E-state index contributed by atoms with van der Waals surface area (Å²) in [5.74, 6) is 1.12. The molecular weight excluding hydrogens is 1230 g/mol. The summed E-state index contributed by atoms with van der Waals surface area (Å²) in [7, 11) is 0. The van der Waals surface area contributed by atoms with Gasteiger partial charge in [-0.1, -0.05) is 314 Å². The van der Waals surface area contributed by atoms with Gasteiger partial charge in [0.15, 0.2) is 0 Å². The van der Waals surface area contributed by atoms with Crippen LogP contribution in [-0.2, 0) is 12.8 Å². The number of rotatable bonds is 35. The first-order chi connectivity index (χ1) is 50.3. The highest BCUT2D eigenvalue weighted by Crippen LogP contribution is 2.48. The van der Waals surface area contributed by atoms with E-state index in [-0.39, 0.29) is 0 Å². The van der Waals surface area contributed by atoms with E-state index in [0.29, 0.717) is 11.8 Å². The van der Waals surface area contributed by atoms with Crippen LogP contribution in [0.4, 0.5) is 34.1 Å². The third-order valence-electron chi connectivity index (χ3n) is 21.7. The normalized spacial score (nSPS) is 12.0. The molecule has 0 amide bonds. The van der Waals surface area contributed by atoms with Crippen molar-refractivity contribution in [1.29, 1.82) is 0 Å². The van der Waals surface area contributed by atoms with E-state index in [0.717, 1.165) is 83.8 Å². The van der Waals surface area contributed by atoms with Crippen LogP contribution in [0.15, 0.2) is 268 Å². The summed E-state index contributed by atoms with van der Waals surface area (Å²) in [6.45, 7) is 21.9. The molecule has 2 nitrogen and oxygen atoms in total. The van der Waals surface area contributed by atoms with Crippen molar-refractivity contribution in [2.75, 3.05) is 9.80 Å². The first-order valence-electron chi connectivity index (χ1n) is 39.0. The predicted molar refractivity (Wildman–Crippen MR) is 448 cm³/mol. The summed E-state index contributed by atoms with van der Waals surface area (Å²) >= 11 is 0. The number of aryl methyl sites for hydroxylation is 2. The van der Waals surface area contributed by atoms with E-state index < -0.39 is 0 Å². The Labute approximate surface area is 612 Å². The Hall–Kier alpha value is -9.76. The van der Waals surface area contributed by atoms with Gasteiger partial charge in [0, 0.05) is 34.1 Å². The molecule has 0 aliphatic rings. The van der Waals surface area contributed by atoms with Crippen LogP contribution in [0.5, 0.6) is 0 Å². The third kappa shape index (κ3) is 16.9. The molecule has 0 saturated heterocycles. The average Bonchev–Trinajstić information content (AvgIpc) is 0.733. The molecule has 0 fully saturated rings. The van der Waals surface area contributed by atoms with Gasteiger partial charge in [-0.05, 0) is 259 Å². The molecule has 102 heavy (non-hydrogen) atoms. The maximum atomic E-state index is 3.99. The zero-order chi connectivity index (χ0) is 70.6.